The van der Waals surface area contributed by atoms with E-state index in [9.17, 15) is 4.79 Å². The van der Waals surface area contributed by atoms with Crippen LogP contribution in [-0.4, -0.2) is 29.3 Å². The van der Waals surface area contributed by atoms with Crippen molar-refractivity contribution in [1.82, 2.24) is 4.90 Å². The van der Waals surface area contributed by atoms with Crippen LogP contribution in [0.2, 0.25) is 0 Å². The van der Waals surface area contributed by atoms with Crippen LogP contribution >= 0.6 is 0 Å². The average molecular weight is 265 g/mol. The van der Waals surface area contributed by atoms with Crippen LogP contribution in [0.3, 0.4) is 0 Å². The first-order valence-electron chi connectivity index (χ1n) is 8.10. The Labute approximate surface area is 119 Å². The van der Waals surface area contributed by atoms with Gasteiger partial charge in [0.15, 0.2) is 5.78 Å². The number of likely N-dealkylation sites (N-methyl/N-ethyl adjacent to an activating group) is 1. The molecule has 19 heavy (non-hydrogen) atoms. The summed E-state index contributed by atoms with van der Waals surface area (Å²) >= 11 is 0. The van der Waals surface area contributed by atoms with Gasteiger partial charge in [0.05, 0.1) is 5.54 Å². The molecule has 0 spiro atoms. The molecule has 0 atom stereocenters. The maximum absolute atomic E-state index is 12.7. The third-order valence-corrected chi connectivity index (χ3v) is 4.63. The lowest BCUT2D eigenvalue weighted by molar-refractivity contribution is -0.131. The minimum atomic E-state index is -0.109. The molecule has 1 saturated carbocycles. The van der Waals surface area contributed by atoms with E-state index in [-0.39, 0.29) is 5.54 Å². The summed E-state index contributed by atoms with van der Waals surface area (Å²) < 4.78 is 0. The molecule has 0 radical (unpaired) electrons. The molecule has 2 nitrogen and oxygen atoms in total. The van der Waals surface area contributed by atoms with Crippen molar-refractivity contribution < 1.29 is 4.79 Å². The first-order chi connectivity index (χ1) is 9.21. The number of ketones is 1. The van der Waals surface area contributed by atoms with Gasteiger partial charge in [0.2, 0.25) is 0 Å². The lowest BCUT2D eigenvalue weighted by atomic mass is 9.86. The van der Waals surface area contributed by atoms with E-state index < -0.39 is 0 Å². The number of allylic oxidation sites excluding steroid dienone is 1. The predicted molar refractivity (Wildman–Crippen MR) is 82.4 cm³/mol. The van der Waals surface area contributed by atoms with Gasteiger partial charge in [-0.05, 0) is 45.2 Å². The maximum atomic E-state index is 12.7. The zero-order chi connectivity index (χ0) is 14.1. The second-order valence-electron chi connectivity index (χ2n) is 5.72. The van der Waals surface area contributed by atoms with Gasteiger partial charge in [-0.15, -0.1) is 6.58 Å². The quantitative estimate of drug-likeness (QED) is 0.432. The molecule has 0 saturated heterocycles. The van der Waals surface area contributed by atoms with Gasteiger partial charge in [0.25, 0.3) is 0 Å². The third kappa shape index (κ3) is 4.17. The van der Waals surface area contributed by atoms with Crippen molar-refractivity contribution >= 4 is 5.78 Å². The van der Waals surface area contributed by atoms with E-state index in [0.717, 1.165) is 51.6 Å². The van der Waals surface area contributed by atoms with Gasteiger partial charge < -0.3 is 0 Å². The Hall–Kier alpha value is -0.630. The lowest BCUT2D eigenvalue weighted by Crippen LogP contribution is -2.52. The molecule has 0 N–H and O–H groups in total. The van der Waals surface area contributed by atoms with Crippen molar-refractivity contribution in [3.05, 3.63) is 12.7 Å². The molecule has 0 aromatic heterocycles. The normalized spacial score (nSPS) is 17.8. The first kappa shape index (κ1) is 16.4. The van der Waals surface area contributed by atoms with E-state index >= 15 is 0 Å². The highest BCUT2D eigenvalue weighted by Crippen LogP contribution is 2.37. The molecule has 0 bridgehead atoms. The second kappa shape index (κ2) is 8.52. The number of hydrogen-bond acceptors (Lipinski definition) is 2. The SMILES string of the molecule is C=CCCCCCC(=O)C1(N(CC)CC)CCCC1. The number of unbranched alkanes of at least 4 members (excludes halogenated alkanes) is 3. The molecule has 0 aromatic rings. The van der Waals surface area contributed by atoms with Crippen LogP contribution < -0.4 is 0 Å². The van der Waals surface area contributed by atoms with E-state index in [0.29, 0.717) is 5.78 Å². The molecule has 0 aliphatic heterocycles. The van der Waals surface area contributed by atoms with Crippen molar-refractivity contribution in [2.24, 2.45) is 0 Å². The fraction of sp³-hybridized carbons (Fsp3) is 0.824. The molecule has 0 heterocycles. The monoisotopic (exact) mass is 265 g/mol. The molecule has 1 aliphatic rings. The first-order valence-corrected chi connectivity index (χ1v) is 8.10. The third-order valence-electron chi connectivity index (χ3n) is 4.63. The van der Waals surface area contributed by atoms with Crippen molar-refractivity contribution in [2.45, 2.75) is 77.2 Å². The number of carbonyl (C=O) groups excluding carboxylic acids is 1. The molecule has 0 amide bonds. The van der Waals surface area contributed by atoms with E-state index in [4.69, 9.17) is 0 Å². The Balaban J connectivity index is 2.51. The van der Waals surface area contributed by atoms with Crippen LogP contribution in [0.1, 0.15) is 71.6 Å². The minimum absolute atomic E-state index is 0.109. The largest absolute Gasteiger partial charge is 0.298 e. The highest BCUT2D eigenvalue weighted by molar-refractivity contribution is 5.88. The minimum Gasteiger partial charge on any atom is -0.298 e. The van der Waals surface area contributed by atoms with Crippen molar-refractivity contribution in [3.63, 3.8) is 0 Å². The van der Waals surface area contributed by atoms with E-state index in [1.807, 2.05) is 6.08 Å². The Morgan fingerprint density at radius 3 is 2.32 bits per heavy atom. The Morgan fingerprint density at radius 1 is 1.16 bits per heavy atom. The van der Waals surface area contributed by atoms with Crippen LogP contribution in [0.5, 0.6) is 0 Å². The van der Waals surface area contributed by atoms with Crippen LogP contribution in [0.25, 0.3) is 0 Å². The zero-order valence-electron chi connectivity index (χ0n) is 12.9. The van der Waals surface area contributed by atoms with Gasteiger partial charge in [-0.1, -0.05) is 39.2 Å². The standard InChI is InChI=1S/C17H31NO/c1-4-7-8-9-10-13-16(19)17(14-11-12-15-17)18(5-2)6-3/h4H,1,5-15H2,2-3H3. The molecule has 1 rings (SSSR count). The summed E-state index contributed by atoms with van der Waals surface area (Å²) in [5, 5.41) is 0. The van der Waals surface area contributed by atoms with E-state index in [2.05, 4.69) is 25.3 Å². The molecular formula is C17H31NO. The van der Waals surface area contributed by atoms with Crippen LogP contribution in [-0.2, 0) is 4.79 Å². The van der Waals surface area contributed by atoms with Gasteiger partial charge in [-0.25, -0.2) is 0 Å². The number of rotatable bonds is 10. The maximum Gasteiger partial charge on any atom is 0.153 e. The smallest absolute Gasteiger partial charge is 0.153 e. The Morgan fingerprint density at radius 2 is 1.79 bits per heavy atom. The van der Waals surface area contributed by atoms with Crippen molar-refractivity contribution in [3.8, 4) is 0 Å². The summed E-state index contributed by atoms with van der Waals surface area (Å²) in [6, 6.07) is 0. The van der Waals surface area contributed by atoms with Crippen molar-refractivity contribution in [2.75, 3.05) is 13.1 Å². The van der Waals surface area contributed by atoms with Gasteiger partial charge in [0, 0.05) is 6.42 Å². The molecule has 0 unspecified atom stereocenters. The fourth-order valence-electron chi connectivity index (χ4n) is 3.54. The van der Waals surface area contributed by atoms with Gasteiger partial charge in [-0.2, -0.15) is 0 Å². The summed E-state index contributed by atoms with van der Waals surface area (Å²) in [6.07, 6.45) is 11.8. The Bertz CT molecular complexity index is 275. The van der Waals surface area contributed by atoms with Gasteiger partial charge in [-0.3, -0.25) is 9.69 Å². The predicted octanol–water partition coefficient (Wildman–Crippen LogP) is 4.35. The number of carbonyl (C=O) groups is 1. The van der Waals surface area contributed by atoms with Crippen LogP contribution in [0.15, 0.2) is 12.7 Å². The van der Waals surface area contributed by atoms with Crippen LogP contribution in [0, 0.1) is 0 Å². The molecule has 1 aliphatic carbocycles. The highest BCUT2D eigenvalue weighted by atomic mass is 16.1. The van der Waals surface area contributed by atoms with E-state index in [1.54, 1.807) is 0 Å². The highest BCUT2D eigenvalue weighted by Gasteiger charge is 2.43. The summed E-state index contributed by atoms with van der Waals surface area (Å²) in [6.45, 7) is 10.1. The topological polar surface area (TPSA) is 20.3 Å². The van der Waals surface area contributed by atoms with Gasteiger partial charge >= 0.3 is 0 Å². The second-order valence-corrected chi connectivity index (χ2v) is 5.72. The molecule has 110 valence electrons. The van der Waals surface area contributed by atoms with Gasteiger partial charge in [0.1, 0.15) is 0 Å². The average Bonchev–Trinajstić information content (AvgIpc) is 2.90. The fourth-order valence-corrected chi connectivity index (χ4v) is 3.54. The lowest BCUT2D eigenvalue weighted by Gasteiger charge is -2.39. The summed E-state index contributed by atoms with van der Waals surface area (Å²) in [5.41, 5.74) is -0.109. The molecule has 0 aromatic carbocycles. The molecule has 2 heteroatoms. The molecule has 1 fully saturated rings. The summed E-state index contributed by atoms with van der Waals surface area (Å²) in [4.78, 5) is 15.1. The Kier molecular flexibility index (Phi) is 7.37. The number of nitrogens with zero attached hydrogens (tertiary/aromatic N) is 1. The van der Waals surface area contributed by atoms with Crippen LogP contribution in [0.4, 0.5) is 0 Å². The number of hydrogen-bond donors (Lipinski definition) is 0. The van der Waals surface area contributed by atoms with Crippen molar-refractivity contribution in [1.29, 1.82) is 0 Å². The molecular weight excluding hydrogens is 234 g/mol. The van der Waals surface area contributed by atoms with E-state index in [1.165, 1.54) is 19.3 Å². The summed E-state index contributed by atoms with van der Waals surface area (Å²) in [7, 11) is 0. The zero-order valence-corrected chi connectivity index (χ0v) is 12.9. The number of Topliss-reactive ketones (excluding diaryl/α,β-unsaturated/α-hetero) is 1. The summed E-state index contributed by atoms with van der Waals surface area (Å²) in [5.74, 6) is 0.507.